The van der Waals surface area contributed by atoms with Crippen molar-refractivity contribution < 1.29 is 14.7 Å². The average Bonchev–Trinajstić information content (AvgIpc) is 3.13. The van der Waals surface area contributed by atoms with Crippen LogP contribution in [0.4, 0.5) is 5.82 Å². The predicted molar refractivity (Wildman–Crippen MR) is 93.2 cm³/mol. The number of imidazole rings is 1. The zero-order chi connectivity index (χ0) is 18.4. The number of nitrogens with two attached hydrogens (primary N) is 1. The normalized spacial score (nSPS) is 13.3. The number of carbonyl (C=O) groups is 2. The second-order valence-corrected chi connectivity index (χ2v) is 5.96. The lowest BCUT2D eigenvalue weighted by atomic mass is 10.1. The van der Waals surface area contributed by atoms with E-state index in [9.17, 15) is 14.4 Å². The summed E-state index contributed by atoms with van der Waals surface area (Å²) in [6.45, 7) is 0.704. The fourth-order valence-electron chi connectivity index (χ4n) is 3.16. The molecule has 1 aromatic carbocycles. The van der Waals surface area contributed by atoms with E-state index in [4.69, 9.17) is 10.8 Å². The summed E-state index contributed by atoms with van der Waals surface area (Å²) >= 11 is 0. The monoisotopic (exact) mass is 353 g/mol. The van der Waals surface area contributed by atoms with Crippen LogP contribution in [-0.2, 0) is 6.54 Å². The Morgan fingerprint density at radius 1 is 1.15 bits per heavy atom. The number of aryl methyl sites for hydroxylation is 1. The summed E-state index contributed by atoms with van der Waals surface area (Å²) in [6, 6.07) is 6.28. The molecule has 3 heterocycles. The number of anilines is 1. The Morgan fingerprint density at radius 3 is 2.73 bits per heavy atom. The van der Waals surface area contributed by atoms with Crippen LogP contribution in [0.1, 0.15) is 27.1 Å². The number of nitrogens with one attached hydrogen (secondary N) is 1. The van der Waals surface area contributed by atoms with Crippen molar-refractivity contribution in [3.8, 4) is 5.69 Å². The molecule has 4 N–H and O–H groups in total. The van der Waals surface area contributed by atoms with Crippen LogP contribution in [0.15, 0.2) is 35.4 Å². The van der Waals surface area contributed by atoms with E-state index < -0.39 is 17.4 Å². The number of carbonyl (C=O) groups excluding carboxylic acids is 2. The zero-order valence-corrected chi connectivity index (χ0v) is 13.6. The van der Waals surface area contributed by atoms with Crippen LogP contribution in [0.2, 0.25) is 0 Å². The van der Waals surface area contributed by atoms with Gasteiger partial charge in [-0.05, 0) is 24.6 Å². The summed E-state index contributed by atoms with van der Waals surface area (Å²) in [5, 5.41) is 11.1. The van der Waals surface area contributed by atoms with Crippen LogP contribution in [0.3, 0.4) is 0 Å². The molecule has 0 atom stereocenters. The predicted octanol–water partition coefficient (Wildman–Crippen LogP) is 0.0354. The molecule has 9 heteroatoms. The van der Waals surface area contributed by atoms with Crippen LogP contribution >= 0.6 is 0 Å². The minimum atomic E-state index is -0.626. The molecular weight excluding hydrogens is 338 g/mol. The van der Waals surface area contributed by atoms with Gasteiger partial charge in [-0.15, -0.1) is 0 Å². The Bertz CT molecular complexity index is 1130. The maximum Gasteiger partial charge on any atom is 0.262 e. The Balaban J connectivity index is 1.86. The van der Waals surface area contributed by atoms with Crippen molar-refractivity contribution >= 4 is 28.7 Å². The van der Waals surface area contributed by atoms with Crippen molar-refractivity contribution in [2.24, 2.45) is 0 Å². The highest BCUT2D eigenvalue weighted by Gasteiger charge is 2.31. The molecule has 0 aliphatic carbocycles. The molecule has 9 nitrogen and oxygen atoms in total. The van der Waals surface area contributed by atoms with E-state index in [2.05, 4.69) is 10.3 Å². The van der Waals surface area contributed by atoms with Gasteiger partial charge in [-0.1, -0.05) is 0 Å². The van der Waals surface area contributed by atoms with Crippen LogP contribution in [-0.4, -0.2) is 37.6 Å². The van der Waals surface area contributed by atoms with Gasteiger partial charge in [-0.3, -0.25) is 24.3 Å². The number of hydrogen-bond acceptors (Lipinski definition) is 6. The molecule has 0 spiro atoms. The van der Waals surface area contributed by atoms with Crippen molar-refractivity contribution in [3.63, 3.8) is 0 Å². The molecule has 0 unspecified atom stereocenters. The third-order valence-corrected chi connectivity index (χ3v) is 4.37. The van der Waals surface area contributed by atoms with Gasteiger partial charge in [-0.2, -0.15) is 0 Å². The van der Waals surface area contributed by atoms with E-state index in [1.807, 2.05) is 4.57 Å². The van der Waals surface area contributed by atoms with Crippen LogP contribution in [0, 0.1) is 0 Å². The summed E-state index contributed by atoms with van der Waals surface area (Å²) in [5.41, 5.74) is 7.46. The highest BCUT2D eigenvalue weighted by atomic mass is 16.3. The van der Waals surface area contributed by atoms with E-state index in [-0.39, 0.29) is 23.6 Å². The van der Waals surface area contributed by atoms with E-state index in [1.165, 1.54) is 4.57 Å². The summed E-state index contributed by atoms with van der Waals surface area (Å²) in [5.74, 6) is -1.33. The number of nitrogens with zero attached hydrogens (tertiary/aromatic N) is 3. The summed E-state index contributed by atoms with van der Waals surface area (Å²) in [4.78, 5) is 40.5. The highest BCUT2D eigenvalue weighted by molar-refractivity contribution is 6.23. The first-order chi connectivity index (χ1) is 12.5. The number of rotatable bonds is 4. The van der Waals surface area contributed by atoms with E-state index in [0.29, 0.717) is 24.2 Å². The van der Waals surface area contributed by atoms with Gasteiger partial charge in [0.2, 0.25) is 0 Å². The first kappa shape index (κ1) is 16.0. The number of pyridine rings is 1. The molecule has 2 amide bonds. The molecule has 3 aromatic rings. The highest BCUT2D eigenvalue weighted by Crippen LogP contribution is 2.24. The lowest BCUT2D eigenvalue weighted by Gasteiger charge is -2.12. The average molecular weight is 353 g/mol. The summed E-state index contributed by atoms with van der Waals surface area (Å²) in [6.07, 6.45) is 2.26. The molecule has 0 saturated heterocycles. The van der Waals surface area contributed by atoms with E-state index in [0.717, 1.165) is 11.6 Å². The molecule has 1 aliphatic rings. The van der Waals surface area contributed by atoms with Crippen LogP contribution < -0.4 is 16.6 Å². The maximum absolute atomic E-state index is 12.5. The van der Waals surface area contributed by atoms with Gasteiger partial charge in [0.25, 0.3) is 17.4 Å². The van der Waals surface area contributed by atoms with Gasteiger partial charge in [0.15, 0.2) is 0 Å². The molecule has 0 saturated carbocycles. The molecule has 4 rings (SSSR count). The second-order valence-electron chi connectivity index (χ2n) is 5.96. The van der Waals surface area contributed by atoms with Crippen molar-refractivity contribution in [1.29, 1.82) is 0 Å². The van der Waals surface area contributed by atoms with Crippen molar-refractivity contribution in [2.45, 2.75) is 13.0 Å². The Hall–Kier alpha value is -3.46. The number of nitrogen functional groups attached to an aromatic ring is 1. The van der Waals surface area contributed by atoms with Gasteiger partial charge in [0.05, 0.1) is 34.2 Å². The van der Waals surface area contributed by atoms with Crippen molar-refractivity contribution in [3.05, 3.63) is 52.1 Å². The fraction of sp³-hybridized carbons (Fsp3) is 0.176. The minimum Gasteiger partial charge on any atom is -0.396 e. The number of aliphatic hydroxyl groups is 1. The number of benzene rings is 1. The quantitative estimate of drug-likeness (QED) is 0.567. The summed E-state index contributed by atoms with van der Waals surface area (Å²) < 4.78 is 3.08. The SMILES string of the molecule is Nc1c2c(cc(=O)n1-c1ccc3c(c1)ncn3CCCO)C(=O)NC2=O. The number of amides is 2. The van der Waals surface area contributed by atoms with Gasteiger partial charge < -0.3 is 15.4 Å². The fourth-order valence-corrected chi connectivity index (χ4v) is 3.16. The molecular formula is C17H15N5O4. The topological polar surface area (TPSA) is 132 Å². The Morgan fingerprint density at radius 2 is 1.96 bits per heavy atom. The third-order valence-electron chi connectivity index (χ3n) is 4.37. The molecule has 0 radical (unpaired) electrons. The molecule has 26 heavy (non-hydrogen) atoms. The molecule has 132 valence electrons. The van der Waals surface area contributed by atoms with Crippen LogP contribution in [0.25, 0.3) is 16.7 Å². The smallest absolute Gasteiger partial charge is 0.262 e. The number of imide groups is 1. The minimum absolute atomic E-state index is 0.00294. The first-order valence-corrected chi connectivity index (χ1v) is 7.98. The van der Waals surface area contributed by atoms with Crippen LogP contribution in [0.5, 0.6) is 0 Å². The summed E-state index contributed by atoms with van der Waals surface area (Å²) in [7, 11) is 0. The lowest BCUT2D eigenvalue weighted by Crippen LogP contribution is -2.24. The number of aromatic nitrogens is 3. The molecule has 1 aliphatic heterocycles. The van der Waals surface area contributed by atoms with Gasteiger partial charge in [0.1, 0.15) is 5.82 Å². The van der Waals surface area contributed by atoms with E-state index in [1.54, 1.807) is 24.5 Å². The third kappa shape index (κ3) is 2.29. The van der Waals surface area contributed by atoms with Crippen molar-refractivity contribution in [1.82, 2.24) is 19.4 Å². The Labute approximate surface area is 146 Å². The second kappa shape index (κ2) is 5.81. The largest absolute Gasteiger partial charge is 0.396 e. The number of hydrogen-bond donors (Lipinski definition) is 3. The lowest BCUT2D eigenvalue weighted by molar-refractivity contribution is 0.0880. The number of aliphatic hydroxyl groups excluding tert-OH is 1. The number of fused-ring (bicyclic) bond motifs is 2. The zero-order valence-electron chi connectivity index (χ0n) is 13.6. The Kier molecular flexibility index (Phi) is 3.58. The van der Waals surface area contributed by atoms with Gasteiger partial charge >= 0.3 is 0 Å². The van der Waals surface area contributed by atoms with E-state index >= 15 is 0 Å². The van der Waals surface area contributed by atoms with Gasteiger partial charge in [-0.25, -0.2) is 4.98 Å². The standard InChI is InChI=1S/C17H15N5O4/c18-15-14-10(16(25)20-17(14)26)7-13(24)22(15)9-2-3-12-11(6-9)19-8-21(12)4-1-5-23/h2-3,6-8,23H,1,4-5,18H2,(H,20,25,26). The first-order valence-electron chi connectivity index (χ1n) is 7.98. The van der Waals surface area contributed by atoms with Gasteiger partial charge in [0, 0.05) is 19.2 Å². The molecule has 2 aromatic heterocycles. The maximum atomic E-state index is 12.5. The molecule has 0 bridgehead atoms. The molecule has 0 fully saturated rings. The van der Waals surface area contributed by atoms with Crippen molar-refractivity contribution in [2.75, 3.05) is 12.3 Å².